The monoisotopic (exact) mass is 370 g/mol. The van der Waals surface area contributed by atoms with Crippen molar-refractivity contribution < 1.29 is 14.7 Å². The number of Topliss-reactive ketones (excluding diaryl/α,β-unsaturated/α-hetero) is 1. The molecule has 0 atom stereocenters. The van der Waals surface area contributed by atoms with Crippen molar-refractivity contribution in [2.75, 3.05) is 0 Å². The number of hydrogen-bond acceptors (Lipinski definition) is 2. The third-order valence-corrected chi connectivity index (χ3v) is 6.98. The molecule has 3 heteroatoms. The number of carbonyl (C=O) groups excluding carboxylic acids is 1. The van der Waals surface area contributed by atoms with Crippen LogP contribution in [0, 0.1) is 10.8 Å². The summed E-state index contributed by atoms with van der Waals surface area (Å²) in [4.78, 5) is 22.9. The van der Waals surface area contributed by atoms with E-state index in [0.29, 0.717) is 5.78 Å². The average molecular weight is 371 g/mol. The van der Waals surface area contributed by atoms with Crippen LogP contribution in [0.3, 0.4) is 0 Å². The van der Waals surface area contributed by atoms with E-state index in [1.54, 1.807) is 6.92 Å². The lowest BCUT2D eigenvalue weighted by atomic mass is 9.92. The summed E-state index contributed by atoms with van der Waals surface area (Å²) in [5, 5.41) is 9.24. The van der Waals surface area contributed by atoms with Crippen LogP contribution < -0.4 is 0 Å². The van der Waals surface area contributed by atoms with Crippen molar-refractivity contribution in [1.29, 1.82) is 0 Å². The lowest BCUT2D eigenvalue weighted by Gasteiger charge is -2.13. The van der Waals surface area contributed by atoms with Gasteiger partial charge < -0.3 is 5.11 Å². The Kier molecular flexibility index (Phi) is 6.39. The Morgan fingerprint density at radius 3 is 1.78 bits per heavy atom. The molecule has 3 nitrogen and oxygen atoms in total. The fraction of sp³-hybridized carbons (Fsp3) is 0.667. The highest BCUT2D eigenvalue weighted by Gasteiger charge is 2.49. The maximum absolute atomic E-state index is 11.7. The fourth-order valence-corrected chi connectivity index (χ4v) is 4.43. The number of ketones is 1. The van der Waals surface area contributed by atoms with Gasteiger partial charge in [-0.25, -0.2) is 0 Å². The molecule has 27 heavy (non-hydrogen) atoms. The Morgan fingerprint density at radius 2 is 1.30 bits per heavy atom. The minimum absolute atomic E-state index is 0.0500. The summed E-state index contributed by atoms with van der Waals surface area (Å²) < 4.78 is 0. The van der Waals surface area contributed by atoms with Gasteiger partial charge in [0.05, 0.1) is 5.41 Å². The summed E-state index contributed by atoms with van der Waals surface area (Å²) in [7, 11) is 0. The zero-order valence-corrected chi connectivity index (χ0v) is 16.8. The third kappa shape index (κ3) is 5.21. The van der Waals surface area contributed by atoms with Crippen molar-refractivity contribution in [2.45, 2.75) is 90.4 Å². The van der Waals surface area contributed by atoms with Crippen LogP contribution in [0.2, 0.25) is 0 Å². The van der Waals surface area contributed by atoms with E-state index in [1.807, 2.05) is 0 Å². The Balaban J connectivity index is 1.36. The Hall–Kier alpha value is -1.64. The van der Waals surface area contributed by atoms with E-state index in [9.17, 15) is 14.7 Å². The van der Waals surface area contributed by atoms with Gasteiger partial charge in [0.25, 0.3) is 0 Å². The second kappa shape index (κ2) is 8.58. The quantitative estimate of drug-likeness (QED) is 0.451. The van der Waals surface area contributed by atoms with Crippen molar-refractivity contribution in [3.05, 3.63) is 35.4 Å². The molecule has 1 aromatic carbocycles. The van der Waals surface area contributed by atoms with E-state index in [2.05, 4.69) is 24.3 Å². The van der Waals surface area contributed by atoms with Crippen LogP contribution >= 0.6 is 0 Å². The molecule has 2 fully saturated rings. The number of hydrogen-bond donors (Lipinski definition) is 1. The SMILES string of the molecule is CC(=O)C1(CCCCc2ccccc2CCCCCC2(C(=O)O)CC2)CC1. The number of carbonyl (C=O) groups is 2. The van der Waals surface area contributed by atoms with E-state index in [-0.39, 0.29) is 10.8 Å². The lowest BCUT2D eigenvalue weighted by molar-refractivity contribution is -0.143. The standard InChI is InChI=1S/C24H34O3/c1-19(25)23(15-16-23)13-8-6-12-21-11-5-4-10-20(21)9-3-2-7-14-24(17-18-24)22(26)27/h4-5,10-11H,2-3,6-9,12-18H2,1H3,(H,26,27). The minimum atomic E-state index is -0.592. The molecule has 0 radical (unpaired) electrons. The predicted octanol–water partition coefficient (Wildman–Crippen LogP) is 5.74. The van der Waals surface area contributed by atoms with E-state index in [4.69, 9.17) is 0 Å². The van der Waals surface area contributed by atoms with Gasteiger partial charge in [-0.2, -0.15) is 0 Å². The molecule has 2 aliphatic rings. The summed E-state index contributed by atoms with van der Waals surface area (Å²) >= 11 is 0. The van der Waals surface area contributed by atoms with Gasteiger partial charge in [-0.1, -0.05) is 43.5 Å². The van der Waals surface area contributed by atoms with E-state index in [0.717, 1.165) is 83.5 Å². The smallest absolute Gasteiger partial charge is 0.309 e. The molecular formula is C24H34O3. The van der Waals surface area contributed by atoms with Gasteiger partial charge >= 0.3 is 5.97 Å². The number of carboxylic acid groups (broad SMARTS) is 1. The zero-order valence-electron chi connectivity index (χ0n) is 16.8. The van der Waals surface area contributed by atoms with Crippen LogP contribution in [-0.2, 0) is 22.4 Å². The molecule has 0 amide bonds. The highest BCUT2D eigenvalue weighted by molar-refractivity contribution is 5.84. The summed E-state index contributed by atoms with van der Waals surface area (Å²) in [6, 6.07) is 8.74. The molecule has 0 unspecified atom stereocenters. The first-order valence-corrected chi connectivity index (χ1v) is 10.8. The van der Waals surface area contributed by atoms with Crippen LogP contribution in [0.25, 0.3) is 0 Å². The van der Waals surface area contributed by atoms with E-state index >= 15 is 0 Å². The minimum Gasteiger partial charge on any atom is -0.481 e. The Bertz CT molecular complexity index is 668. The first kappa shape index (κ1) is 20.1. The number of benzene rings is 1. The molecule has 0 saturated heterocycles. The Labute approximate surface area is 163 Å². The molecule has 1 N–H and O–H groups in total. The van der Waals surface area contributed by atoms with Crippen LogP contribution in [-0.4, -0.2) is 16.9 Å². The normalized spacial score (nSPS) is 18.9. The number of unbranched alkanes of at least 4 members (excludes halogenated alkanes) is 3. The molecule has 2 aliphatic carbocycles. The molecule has 0 heterocycles. The van der Waals surface area contributed by atoms with E-state index < -0.39 is 5.97 Å². The molecule has 148 valence electrons. The number of rotatable bonds is 13. The van der Waals surface area contributed by atoms with Gasteiger partial charge in [-0.05, 0) is 82.3 Å². The highest BCUT2D eigenvalue weighted by atomic mass is 16.4. The predicted molar refractivity (Wildman–Crippen MR) is 108 cm³/mol. The number of carboxylic acids is 1. The second-order valence-electron chi connectivity index (χ2n) is 8.96. The van der Waals surface area contributed by atoms with Gasteiger partial charge in [0.2, 0.25) is 0 Å². The van der Waals surface area contributed by atoms with E-state index in [1.165, 1.54) is 11.1 Å². The van der Waals surface area contributed by atoms with Crippen molar-refractivity contribution in [3.8, 4) is 0 Å². The van der Waals surface area contributed by atoms with Crippen molar-refractivity contribution in [1.82, 2.24) is 0 Å². The summed E-state index contributed by atoms with van der Waals surface area (Å²) in [6.45, 7) is 1.75. The van der Waals surface area contributed by atoms with Gasteiger partial charge in [-0.3, -0.25) is 9.59 Å². The number of aryl methyl sites for hydroxylation is 2. The lowest BCUT2D eigenvalue weighted by Crippen LogP contribution is -2.14. The van der Waals surface area contributed by atoms with Crippen molar-refractivity contribution >= 4 is 11.8 Å². The molecule has 0 aliphatic heterocycles. The summed E-state index contributed by atoms with van der Waals surface area (Å²) in [5.41, 5.74) is 2.59. The van der Waals surface area contributed by atoms with Crippen LogP contribution in [0.1, 0.15) is 88.7 Å². The first-order chi connectivity index (χ1) is 13.0. The van der Waals surface area contributed by atoms with Crippen molar-refractivity contribution in [2.24, 2.45) is 10.8 Å². The van der Waals surface area contributed by atoms with Crippen molar-refractivity contribution in [3.63, 3.8) is 0 Å². The molecule has 0 aromatic heterocycles. The maximum atomic E-state index is 11.7. The molecule has 0 bridgehead atoms. The van der Waals surface area contributed by atoms with Crippen LogP contribution in [0.15, 0.2) is 24.3 Å². The largest absolute Gasteiger partial charge is 0.481 e. The highest BCUT2D eigenvalue weighted by Crippen LogP contribution is 2.51. The molecule has 1 aromatic rings. The Morgan fingerprint density at radius 1 is 0.815 bits per heavy atom. The van der Waals surface area contributed by atoms with Gasteiger partial charge in [-0.15, -0.1) is 0 Å². The third-order valence-electron chi connectivity index (χ3n) is 6.98. The molecule has 2 saturated carbocycles. The van der Waals surface area contributed by atoms with Gasteiger partial charge in [0.15, 0.2) is 0 Å². The van der Waals surface area contributed by atoms with Crippen LogP contribution in [0.4, 0.5) is 0 Å². The summed E-state index contributed by atoms with van der Waals surface area (Å²) in [6.07, 6.45) is 13.6. The fourth-order valence-electron chi connectivity index (χ4n) is 4.43. The molecular weight excluding hydrogens is 336 g/mol. The second-order valence-corrected chi connectivity index (χ2v) is 8.96. The maximum Gasteiger partial charge on any atom is 0.309 e. The topological polar surface area (TPSA) is 54.4 Å². The average Bonchev–Trinajstić information content (AvgIpc) is 3.55. The first-order valence-electron chi connectivity index (χ1n) is 10.8. The zero-order chi connectivity index (χ0) is 19.3. The molecule has 3 rings (SSSR count). The molecule has 0 spiro atoms. The van der Waals surface area contributed by atoms with Gasteiger partial charge in [0, 0.05) is 5.41 Å². The van der Waals surface area contributed by atoms with Crippen LogP contribution in [0.5, 0.6) is 0 Å². The van der Waals surface area contributed by atoms with Gasteiger partial charge in [0.1, 0.15) is 5.78 Å². The summed E-state index contributed by atoms with van der Waals surface area (Å²) in [5.74, 6) is -0.204. The number of aliphatic carboxylic acids is 1.